The van der Waals surface area contributed by atoms with Crippen LogP contribution in [0.15, 0.2) is 83.4 Å². The van der Waals surface area contributed by atoms with Gasteiger partial charge in [0, 0.05) is 11.1 Å². The molecule has 0 radical (unpaired) electrons. The number of esters is 1. The summed E-state index contributed by atoms with van der Waals surface area (Å²) >= 11 is 0. The Hall–Kier alpha value is -4.39. The monoisotopic (exact) mass is 510 g/mol. The van der Waals surface area contributed by atoms with Crippen LogP contribution in [0.2, 0.25) is 0 Å². The van der Waals surface area contributed by atoms with E-state index in [0.717, 1.165) is 46.2 Å². The second-order valence-electron chi connectivity index (χ2n) is 9.45. The molecule has 7 heteroatoms. The molecule has 1 aliphatic carbocycles. The van der Waals surface area contributed by atoms with E-state index < -0.39 is 11.5 Å². The van der Waals surface area contributed by atoms with Crippen LogP contribution in [0.1, 0.15) is 42.1 Å². The number of amides is 1. The summed E-state index contributed by atoms with van der Waals surface area (Å²) in [5.41, 5.74) is 5.92. The number of carbonyl (C=O) groups excluding carboxylic acids is 2. The molecule has 0 saturated heterocycles. The zero-order chi connectivity index (χ0) is 26.5. The van der Waals surface area contributed by atoms with E-state index in [4.69, 9.17) is 14.0 Å². The topological polar surface area (TPSA) is 90.7 Å². The third-order valence-corrected chi connectivity index (χ3v) is 6.94. The normalized spacial score (nSPS) is 13.5. The van der Waals surface area contributed by atoms with Crippen LogP contribution < -0.4 is 5.32 Å². The minimum atomic E-state index is -0.505. The number of ether oxygens (including phenoxy) is 2. The predicted octanol–water partition coefficient (Wildman–Crippen LogP) is 6.34. The number of nitrogens with one attached hydrogen (secondary N) is 1. The van der Waals surface area contributed by atoms with Gasteiger partial charge in [0.15, 0.2) is 5.76 Å². The summed E-state index contributed by atoms with van der Waals surface area (Å²) in [7, 11) is 0. The Balaban J connectivity index is 1.24. The van der Waals surface area contributed by atoms with Crippen LogP contribution in [0.5, 0.6) is 0 Å². The van der Waals surface area contributed by atoms with Crippen molar-refractivity contribution in [2.75, 3.05) is 6.61 Å². The van der Waals surface area contributed by atoms with Gasteiger partial charge in [0.2, 0.25) is 0 Å². The largest absolute Gasteiger partial charge is 0.465 e. The van der Waals surface area contributed by atoms with Crippen molar-refractivity contribution in [2.24, 2.45) is 0 Å². The molecule has 1 aliphatic rings. The summed E-state index contributed by atoms with van der Waals surface area (Å²) in [4.78, 5) is 24.6. The van der Waals surface area contributed by atoms with Gasteiger partial charge in [-0.25, -0.2) is 4.79 Å². The van der Waals surface area contributed by atoms with E-state index in [9.17, 15) is 9.59 Å². The number of nitrogens with zero attached hydrogens (tertiary/aromatic N) is 1. The van der Waals surface area contributed by atoms with E-state index >= 15 is 0 Å². The van der Waals surface area contributed by atoms with E-state index in [1.807, 2.05) is 92.7 Å². The number of rotatable bonds is 9. The lowest BCUT2D eigenvalue weighted by atomic mass is 9.93. The lowest BCUT2D eigenvalue weighted by Crippen LogP contribution is -2.24. The Labute approximate surface area is 221 Å². The van der Waals surface area contributed by atoms with Gasteiger partial charge in [-0.2, -0.15) is 0 Å². The molecule has 1 aromatic heterocycles. The lowest BCUT2D eigenvalue weighted by molar-refractivity contribution is -0.146. The smallest absolute Gasteiger partial charge is 0.407 e. The molecule has 0 bridgehead atoms. The highest BCUT2D eigenvalue weighted by Crippen LogP contribution is 2.49. The van der Waals surface area contributed by atoms with Crippen molar-refractivity contribution in [1.29, 1.82) is 0 Å². The molecule has 1 amide bonds. The molecule has 194 valence electrons. The molecular formula is C31H30N2O5. The Morgan fingerprint density at radius 3 is 2.16 bits per heavy atom. The molecular weight excluding hydrogens is 480 g/mol. The van der Waals surface area contributed by atoms with Crippen LogP contribution in [-0.2, 0) is 32.8 Å². The van der Waals surface area contributed by atoms with Crippen LogP contribution in [0.25, 0.3) is 22.5 Å². The van der Waals surface area contributed by atoms with Gasteiger partial charge in [-0.1, -0.05) is 84.0 Å². The minimum absolute atomic E-state index is 0.130. The molecule has 1 saturated carbocycles. The fourth-order valence-corrected chi connectivity index (χ4v) is 4.56. The van der Waals surface area contributed by atoms with Gasteiger partial charge in [-0.05, 0) is 48.9 Å². The second-order valence-corrected chi connectivity index (χ2v) is 9.45. The van der Waals surface area contributed by atoms with E-state index in [1.54, 1.807) is 0 Å². The molecule has 3 aromatic carbocycles. The maximum absolute atomic E-state index is 12.4. The molecule has 4 aromatic rings. The second kappa shape index (κ2) is 10.9. The number of aryl methyl sites for hydroxylation is 1. The van der Waals surface area contributed by atoms with Gasteiger partial charge in [0.05, 0.1) is 24.3 Å². The highest BCUT2D eigenvalue weighted by molar-refractivity contribution is 5.87. The fraction of sp³-hybridized carbons (Fsp3) is 0.258. The van der Waals surface area contributed by atoms with Crippen molar-refractivity contribution in [3.05, 3.63) is 101 Å². The van der Waals surface area contributed by atoms with Gasteiger partial charge >= 0.3 is 12.1 Å². The maximum Gasteiger partial charge on any atom is 0.407 e. The first-order valence-electron chi connectivity index (χ1n) is 12.8. The summed E-state index contributed by atoms with van der Waals surface area (Å²) < 4.78 is 16.2. The zero-order valence-electron chi connectivity index (χ0n) is 21.5. The number of hydrogen-bond acceptors (Lipinski definition) is 6. The number of hydrogen-bond donors (Lipinski definition) is 1. The quantitative estimate of drug-likeness (QED) is 0.264. The van der Waals surface area contributed by atoms with Crippen LogP contribution in [-0.4, -0.2) is 23.8 Å². The van der Waals surface area contributed by atoms with Gasteiger partial charge < -0.3 is 19.3 Å². The SMILES string of the molecule is CCOC(=O)C1(c2ccc(-c3ccc(-c4onc(C)c4CNC(=O)OCc4ccccc4)cc3)cc2)CC1. The van der Waals surface area contributed by atoms with Crippen molar-refractivity contribution in [2.45, 2.75) is 45.3 Å². The van der Waals surface area contributed by atoms with Gasteiger partial charge in [-0.3, -0.25) is 4.79 Å². The van der Waals surface area contributed by atoms with Crippen LogP contribution in [0.3, 0.4) is 0 Å². The maximum atomic E-state index is 12.4. The standard InChI is InChI=1S/C31H30N2O5/c1-3-36-29(34)31(17-18-31)26-15-13-24(14-16-26)23-9-11-25(12-10-23)28-27(21(2)33-38-28)19-32-30(35)37-20-22-7-5-4-6-8-22/h4-16H,3,17-20H2,1-2H3,(H,32,35). The summed E-state index contributed by atoms with van der Waals surface area (Å²) in [5, 5.41) is 6.89. The Bertz CT molecular complexity index is 1410. The molecule has 0 aliphatic heterocycles. The summed E-state index contributed by atoms with van der Waals surface area (Å²) in [6.45, 7) is 4.52. The predicted molar refractivity (Wildman–Crippen MR) is 143 cm³/mol. The molecule has 1 fully saturated rings. The number of benzene rings is 3. The molecule has 7 nitrogen and oxygen atoms in total. The number of carbonyl (C=O) groups is 2. The number of aromatic nitrogens is 1. The Morgan fingerprint density at radius 2 is 1.53 bits per heavy atom. The van der Waals surface area contributed by atoms with Crippen LogP contribution in [0.4, 0.5) is 4.79 Å². The third kappa shape index (κ3) is 5.32. The minimum Gasteiger partial charge on any atom is -0.465 e. The third-order valence-electron chi connectivity index (χ3n) is 6.94. The van der Waals surface area contributed by atoms with Gasteiger partial charge in [0.25, 0.3) is 0 Å². The van der Waals surface area contributed by atoms with Crippen molar-refractivity contribution in [1.82, 2.24) is 10.5 Å². The van der Waals surface area contributed by atoms with Gasteiger partial charge in [-0.15, -0.1) is 0 Å². The van der Waals surface area contributed by atoms with E-state index in [1.165, 1.54) is 0 Å². The molecule has 1 N–H and O–H groups in total. The van der Waals surface area contributed by atoms with E-state index in [-0.39, 0.29) is 19.1 Å². The van der Waals surface area contributed by atoms with Crippen molar-refractivity contribution in [3.63, 3.8) is 0 Å². The first-order valence-corrected chi connectivity index (χ1v) is 12.8. The highest BCUT2D eigenvalue weighted by atomic mass is 16.5. The molecule has 0 atom stereocenters. The lowest BCUT2D eigenvalue weighted by Gasteiger charge is -2.14. The Kier molecular flexibility index (Phi) is 7.26. The number of alkyl carbamates (subject to hydrolysis) is 1. The van der Waals surface area contributed by atoms with Crippen molar-refractivity contribution >= 4 is 12.1 Å². The molecule has 0 unspecified atom stereocenters. The van der Waals surface area contributed by atoms with Crippen LogP contribution in [0, 0.1) is 6.92 Å². The summed E-state index contributed by atoms with van der Waals surface area (Å²) in [6.07, 6.45) is 1.16. The van der Waals surface area contributed by atoms with E-state index in [0.29, 0.717) is 18.1 Å². The van der Waals surface area contributed by atoms with Crippen molar-refractivity contribution in [3.8, 4) is 22.5 Å². The summed E-state index contributed by atoms with van der Waals surface area (Å²) in [5.74, 6) is 0.479. The molecule has 1 heterocycles. The highest BCUT2D eigenvalue weighted by Gasteiger charge is 2.52. The Morgan fingerprint density at radius 1 is 0.895 bits per heavy atom. The first-order chi connectivity index (χ1) is 18.5. The summed E-state index contributed by atoms with van der Waals surface area (Å²) in [6, 6.07) is 25.6. The van der Waals surface area contributed by atoms with Crippen molar-refractivity contribution < 1.29 is 23.6 Å². The zero-order valence-corrected chi connectivity index (χ0v) is 21.5. The van der Waals surface area contributed by atoms with Gasteiger partial charge in [0.1, 0.15) is 6.61 Å². The van der Waals surface area contributed by atoms with E-state index in [2.05, 4.69) is 10.5 Å². The molecule has 5 rings (SSSR count). The van der Waals surface area contributed by atoms with Crippen LogP contribution >= 0.6 is 0 Å². The molecule has 38 heavy (non-hydrogen) atoms. The average molecular weight is 511 g/mol. The fourth-order valence-electron chi connectivity index (χ4n) is 4.56. The molecule has 0 spiro atoms. The first kappa shape index (κ1) is 25.3. The average Bonchev–Trinajstić information content (AvgIpc) is 3.69.